The maximum Gasteiger partial charge on any atom is 0.0884 e. The third kappa shape index (κ3) is 4.04. The molecule has 3 aliphatic carbocycles. The van der Waals surface area contributed by atoms with Crippen molar-refractivity contribution in [3.05, 3.63) is 178 Å². The van der Waals surface area contributed by atoms with Gasteiger partial charge in [0.1, 0.15) is 0 Å². The number of dihydropyridines is 2. The van der Waals surface area contributed by atoms with E-state index in [1.165, 1.54) is 116 Å². The Hall–Kier alpha value is -6.12. The molecule has 0 saturated carbocycles. The van der Waals surface area contributed by atoms with Gasteiger partial charge in [-0.3, -0.25) is 0 Å². The number of hydrogen-bond acceptors (Lipinski definition) is 2. The van der Waals surface area contributed by atoms with Gasteiger partial charge in [0.05, 0.1) is 6.04 Å². The molecule has 0 spiro atoms. The lowest BCUT2D eigenvalue weighted by molar-refractivity contribution is 0.541. The molecule has 2 aliphatic heterocycles. The Balaban J connectivity index is 0.883. The second-order valence-electron chi connectivity index (χ2n) is 16.1. The second kappa shape index (κ2) is 10.5. The number of allylic oxidation sites excluding steroid dienone is 7. The van der Waals surface area contributed by atoms with E-state index in [4.69, 9.17) is 0 Å². The quantitative estimate of drug-likeness (QED) is 0.182. The number of benzene rings is 7. The molecule has 0 saturated heterocycles. The molecule has 2 nitrogen and oxygen atoms in total. The summed E-state index contributed by atoms with van der Waals surface area (Å²) < 4.78 is 0. The maximum atomic E-state index is 3.89. The zero-order chi connectivity index (χ0) is 35.0. The molecule has 7 aromatic rings. The largest absolute Gasteiger partial charge is 0.382 e. The summed E-state index contributed by atoms with van der Waals surface area (Å²) in [6, 6.07) is 39.1. The first kappa shape index (κ1) is 29.5. The van der Waals surface area contributed by atoms with Gasteiger partial charge in [0.25, 0.3) is 0 Å². The van der Waals surface area contributed by atoms with E-state index in [0.29, 0.717) is 0 Å². The van der Waals surface area contributed by atoms with Crippen LogP contribution in [-0.4, -0.2) is 12.6 Å². The predicted molar refractivity (Wildman–Crippen MR) is 225 cm³/mol. The minimum atomic E-state index is -0.117. The molecule has 0 fully saturated rings. The first-order valence-electron chi connectivity index (χ1n) is 19.1. The lowest BCUT2D eigenvalue weighted by Gasteiger charge is -2.30. The average Bonchev–Trinajstić information content (AvgIpc) is 3.43. The van der Waals surface area contributed by atoms with Crippen LogP contribution < -0.4 is 10.6 Å². The molecule has 0 radical (unpaired) electrons. The lowest BCUT2D eigenvalue weighted by Crippen LogP contribution is -2.36. The van der Waals surface area contributed by atoms with E-state index in [9.17, 15) is 0 Å². The van der Waals surface area contributed by atoms with Gasteiger partial charge in [-0.25, -0.2) is 0 Å². The van der Waals surface area contributed by atoms with Crippen LogP contribution in [0, 0.1) is 5.41 Å². The highest BCUT2D eigenvalue weighted by Gasteiger charge is 2.45. The molecule has 252 valence electrons. The minimum absolute atomic E-state index is 0.117. The molecule has 53 heavy (non-hydrogen) atoms. The molecule has 12 rings (SSSR count). The summed E-state index contributed by atoms with van der Waals surface area (Å²) in [7, 11) is 0. The average molecular weight is 679 g/mol. The van der Waals surface area contributed by atoms with Gasteiger partial charge in [0.2, 0.25) is 0 Å². The van der Waals surface area contributed by atoms with Gasteiger partial charge in [-0.15, -0.1) is 0 Å². The summed E-state index contributed by atoms with van der Waals surface area (Å²) in [5.41, 5.74) is 17.5. The third-order valence-electron chi connectivity index (χ3n) is 13.0. The number of hydrogen-bond donors (Lipinski definition) is 2. The van der Waals surface area contributed by atoms with Crippen LogP contribution in [0.3, 0.4) is 0 Å². The summed E-state index contributed by atoms with van der Waals surface area (Å²) in [5, 5.41) is 18.5. The van der Waals surface area contributed by atoms with Crippen LogP contribution in [0.25, 0.3) is 77.0 Å². The van der Waals surface area contributed by atoms with Crippen LogP contribution in [0.4, 0.5) is 0 Å². The van der Waals surface area contributed by atoms with Gasteiger partial charge in [0.15, 0.2) is 0 Å². The molecular formula is C51H38N2. The van der Waals surface area contributed by atoms with Crippen molar-refractivity contribution >= 4 is 65.9 Å². The van der Waals surface area contributed by atoms with E-state index < -0.39 is 0 Å². The topological polar surface area (TPSA) is 24.1 Å². The van der Waals surface area contributed by atoms with Crippen molar-refractivity contribution in [1.29, 1.82) is 0 Å². The SMILES string of the molecule is CC1(C)C2=CC(c3ccc4c5c6c(ccc35)C=CCC6=CC4)=CNC2C2=C1C=C(c1ccc(-c3ccc4ccc5cccc6ccc3c4c56)cc1)CN2. The molecule has 0 amide bonds. The van der Waals surface area contributed by atoms with E-state index >= 15 is 0 Å². The summed E-state index contributed by atoms with van der Waals surface area (Å²) in [5.74, 6) is 0. The van der Waals surface area contributed by atoms with Crippen molar-refractivity contribution in [2.45, 2.75) is 32.7 Å². The third-order valence-corrected chi connectivity index (χ3v) is 13.0. The van der Waals surface area contributed by atoms with E-state index in [1.807, 2.05) is 0 Å². The summed E-state index contributed by atoms with van der Waals surface area (Å²) in [6.07, 6.45) is 16.3. The Morgan fingerprint density at radius 2 is 1.38 bits per heavy atom. The van der Waals surface area contributed by atoms with Crippen LogP contribution in [0.1, 0.15) is 48.1 Å². The standard InChI is InChI=1S/C51H38N2/c1-51(2)43-25-37(29-9-11-30(12-10-29)39-21-17-35-15-13-31-5-3-7-33-19-23-41(39)47(35)45(31)33)27-52-49(43)50-44(51)26-38(28-53-50)40-22-18-36-16-14-32-6-4-8-34-20-24-42(40)48(36)46(32)34/h3-5,7-15,17-26,28,50,52-53H,6,16,27H2,1-2H3. The highest BCUT2D eigenvalue weighted by molar-refractivity contribution is 6.25. The van der Waals surface area contributed by atoms with Crippen molar-refractivity contribution < 1.29 is 0 Å². The van der Waals surface area contributed by atoms with E-state index in [1.54, 1.807) is 0 Å². The van der Waals surface area contributed by atoms with Crippen LogP contribution >= 0.6 is 0 Å². The van der Waals surface area contributed by atoms with E-state index in [-0.39, 0.29) is 11.5 Å². The van der Waals surface area contributed by atoms with Gasteiger partial charge in [0, 0.05) is 23.9 Å². The molecule has 2 heteroatoms. The van der Waals surface area contributed by atoms with Crippen LogP contribution in [-0.2, 0) is 6.42 Å². The molecule has 7 aromatic carbocycles. The van der Waals surface area contributed by atoms with Gasteiger partial charge in [-0.1, -0.05) is 147 Å². The highest BCUT2D eigenvalue weighted by Crippen LogP contribution is 2.52. The van der Waals surface area contributed by atoms with Gasteiger partial charge >= 0.3 is 0 Å². The first-order valence-corrected chi connectivity index (χ1v) is 19.1. The smallest absolute Gasteiger partial charge is 0.0884 e. The molecule has 0 bridgehead atoms. The Bertz CT molecular complexity index is 2960. The molecule has 0 aromatic heterocycles. The van der Waals surface area contributed by atoms with E-state index in [0.717, 1.165) is 19.4 Å². The molecule has 2 heterocycles. The Morgan fingerprint density at radius 3 is 2.25 bits per heavy atom. The van der Waals surface area contributed by atoms with E-state index in [2.05, 4.69) is 164 Å². The fourth-order valence-corrected chi connectivity index (χ4v) is 10.3. The van der Waals surface area contributed by atoms with Crippen molar-refractivity contribution in [3.63, 3.8) is 0 Å². The second-order valence-corrected chi connectivity index (χ2v) is 16.1. The highest BCUT2D eigenvalue weighted by atomic mass is 15.0. The fourth-order valence-electron chi connectivity index (χ4n) is 10.3. The van der Waals surface area contributed by atoms with Gasteiger partial charge in [-0.05, 0) is 123 Å². The van der Waals surface area contributed by atoms with Crippen LogP contribution in [0.2, 0.25) is 0 Å². The molecule has 2 N–H and O–H groups in total. The zero-order valence-corrected chi connectivity index (χ0v) is 30.0. The Morgan fingerprint density at radius 1 is 0.642 bits per heavy atom. The molecule has 5 aliphatic rings. The van der Waals surface area contributed by atoms with Crippen LogP contribution in [0.15, 0.2) is 150 Å². The summed E-state index contributed by atoms with van der Waals surface area (Å²) in [4.78, 5) is 0. The normalized spacial score (nSPS) is 19.5. The lowest BCUT2D eigenvalue weighted by atomic mass is 9.77. The van der Waals surface area contributed by atoms with Gasteiger partial charge < -0.3 is 10.6 Å². The van der Waals surface area contributed by atoms with Crippen molar-refractivity contribution in [1.82, 2.24) is 10.6 Å². The Kier molecular flexibility index (Phi) is 5.83. The van der Waals surface area contributed by atoms with Crippen LogP contribution in [0.5, 0.6) is 0 Å². The minimum Gasteiger partial charge on any atom is -0.382 e. The summed E-state index contributed by atoms with van der Waals surface area (Å²) >= 11 is 0. The fraction of sp³-hybridized carbons (Fsp3) is 0.137. The monoisotopic (exact) mass is 678 g/mol. The Labute approximate surface area is 309 Å². The number of fused-ring (bicyclic) bond motifs is 2. The molecular weight excluding hydrogens is 641 g/mol. The molecule has 1 atom stereocenters. The van der Waals surface area contributed by atoms with Crippen molar-refractivity contribution in [2.75, 3.05) is 6.54 Å². The predicted octanol–water partition coefficient (Wildman–Crippen LogP) is 12.0. The molecule has 1 unspecified atom stereocenters. The first-order chi connectivity index (χ1) is 26.0. The zero-order valence-electron chi connectivity index (χ0n) is 30.0. The maximum absolute atomic E-state index is 3.89. The number of nitrogens with one attached hydrogen (secondary N) is 2. The number of rotatable bonds is 3. The van der Waals surface area contributed by atoms with Crippen molar-refractivity contribution in [2.24, 2.45) is 5.41 Å². The van der Waals surface area contributed by atoms with Gasteiger partial charge in [-0.2, -0.15) is 0 Å². The van der Waals surface area contributed by atoms with Crippen molar-refractivity contribution in [3.8, 4) is 11.1 Å². The summed E-state index contributed by atoms with van der Waals surface area (Å²) in [6.45, 7) is 5.61.